The first-order valence-corrected chi connectivity index (χ1v) is 10.1. The molecule has 1 heterocycles. The van der Waals surface area contributed by atoms with Gasteiger partial charge in [0.1, 0.15) is 34.7 Å². The zero-order valence-electron chi connectivity index (χ0n) is 18.2. The second-order valence-corrected chi connectivity index (χ2v) is 8.56. The first-order chi connectivity index (χ1) is 16.0. The highest BCUT2D eigenvalue weighted by molar-refractivity contribution is 5.67. The summed E-state index contributed by atoms with van der Waals surface area (Å²) in [6.07, 6.45) is 2.36. The number of nitrogens with zero attached hydrogens (tertiary/aromatic N) is 3. The van der Waals surface area contributed by atoms with E-state index in [0.29, 0.717) is 10.2 Å². The predicted molar refractivity (Wildman–Crippen MR) is 113 cm³/mol. The molecule has 9 heteroatoms. The summed E-state index contributed by atoms with van der Waals surface area (Å²) in [5, 5.41) is 7.30. The lowest BCUT2D eigenvalue weighted by molar-refractivity contribution is 0.536. The van der Waals surface area contributed by atoms with Crippen molar-refractivity contribution in [1.82, 2.24) is 15.0 Å². The highest BCUT2D eigenvalue weighted by atomic mass is 19.2. The number of rotatable bonds is 4. The van der Waals surface area contributed by atoms with Crippen LogP contribution in [0, 0.1) is 41.3 Å². The number of aromatic nitrogens is 3. The molecule has 3 aromatic carbocycles. The van der Waals surface area contributed by atoms with Gasteiger partial charge in [0.25, 0.3) is 0 Å². The first kappa shape index (κ1) is 23.5. The van der Waals surface area contributed by atoms with E-state index in [4.69, 9.17) is 0 Å². The molecule has 0 aliphatic rings. The van der Waals surface area contributed by atoms with E-state index < -0.39 is 68.5 Å². The van der Waals surface area contributed by atoms with Crippen molar-refractivity contribution < 1.29 is 26.3 Å². The molecule has 0 aliphatic carbocycles. The topological polar surface area (TPSA) is 30.7 Å². The largest absolute Gasteiger partial charge is 0.210 e. The molecule has 3 nitrogen and oxygen atoms in total. The molecule has 0 saturated heterocycles. The monoisotopic (exact) mass is 473 g/mol. The van der Waals surface area contributed by atoms with Crippen LogP contribution in [0.3, 0.4) is 0 Å². The molecule has 0 fully saturated rings. The molecule has 0 saturated carbocycles. The van der Waals surface area contributed by atoms with E-state index >= 15 is 0 Å². The van der Waals surface area contributed by atoms with Crippen molar-refractivity contribution in [2.75, 3.05) is 0 Å². The van der Waals surface area contributed by atoms with Crippen molar-refractivity contribution >= 4 is 0 Å². The van der Waals surface area contributed by atoms with Gasteiger partial charge in [-0.15, -0.1) is 5.10 Å². The Hall–Kier alpha value is -3.62. The molecule has 2 radical (unpaired) electrons. The minimum Gasteiger partial charge on any atom is -0.210 e. The average molecular weight is 473 g/mol. The van der Waals surface area contributed by atoms with E-state index in [2.05, 4.69) is 16.7 Å². The maximum Gasteiger partial charge on any atom is 0.151 e. The Labute approximate surface area is 191 Å². The SMILES string of the molecule is CC(C)(C)c1cc(F)c([C]c2c(-c3c(F)cccc3F)nnn2-c2c(F)cccc2F)c(F)c1. The normalized spacial score (nSPS) is 11.8. The molecule has 0 bridgehead atoms. The Bertz CT molecular complexity index is 1260. The molecule has 174 valence electrons. The molecule has 0 spiro atoms. The van der Waals surface area contributed by atoms with Crippen molar-refractivity contribution in [3.8, 4) is 16.9 Å². The Morgan fingerprint density at radius 3 is 1.74 bits per heavy atom. The third kappa shape index (κ3) is 4.18. The molecule has 1 aromatic heterocycles. The highest BCUT2D eigenvalue weighted by Crippen LogP contribution is 2.34. The van der Waals surface area contributed by atoms with Crippen LogP contribution >= 0.6 is 0 Å². The van der Waals surface area contributed by atoms with Gasteiger partial charge in [0.2, 0.25) is 0 Å². The van der Waals surface area contributed by atoms with Crippen molar-refractivity contribution in [3.05, 3.63) is 107 Å². The number of hydrogen-bond donors (Lipinski definition) is 0. The van der Waals surface area contributed by atoms with Gasteiger partial charge in [0.15, 0.2) is 11.6 Å². The molecule has 0 N–H and O–H groups in total. The van der Waals surface area contributed by atoms with E-state index in [0.717, 1.165) is 48.5 Å². The molecule has 34 heavy (non-hydrogen) atoms. The van der Waals surface area contributed by atoms with Gasteiger partial charge in [-0.05, 0) is 47.4 Å². The maximum absolute atomic E-state index is 15.0. The van der Waals surface area contributed by atoms with Crippen LogP contribution in [-0.2, 0) is 5.41 Å². The third-order valence-corrected chi connectivity index (χ3v) is 5.17. The summed E-state index contributed by atoms with van der Waals surface area (Å²) in [6, 6.07) is 8.10. The summed E-state index contributed by atoms with van der Waals surface area (Å²) in [7, 11) is 0. The average Bonchev–Trinajstić information content (AvgIpc) is 3.12. The van der Waals surface area contributed by atoms with Crippen LogP contribution in [0.4, 0.5) is 26.3 Å². The first-order valence-electron chi connectivity index (χ1n) is 10.1. The van der Waals surface area contributed by atoms with Crippen LogP contribution in [0.2, 0.25) is 0 Å². The van der Waals surface area contributed by atoms with Crippen molar-refractivity contribution in [2.45, 2.75) is 26.2 Å². The second-order valence-electron chi connectivity index (χ2n) is 8.56. The van der Waals surface area contributed by atoms with Gasteiger partial charge in [0, 0.05) is 5.56 Å². The minimum atomic E-state index is -1.09. The number of halogens is 6. The summed E-state index contributed by atoms with van der Waals surface area (Å²) in [5.74, 6) is -6.37. The van der Waals surface area contributed by atoms with E-state index in [1.807, 2.05) is 0 Å². The fourth-order valence-corrected chi connectivity index (χ4v) is 3.38. The molecule has 0 amide bonds. The Morgan fingerprint density at radius 2 is 1.24 bits per heavy atom. The fourth-order valence-electron chi connectivity index (χ4n) is 3.38. The molecule has 0 unspecified atom stereocenters. The molecule has 4 rings (SSSR count). The third-order valence-electron chi connectivity index (χ3n) is 5.17. The van der Waals surface area contributed by atoms with E-state index in [1.54, 1.807) is 20.8 Å². The van der Waals surface area contributed by atoms with Crippen molar-refractivity contribution in [3.63, 3.8) is 0 Å². The van der Waals surface area contributed by atoms with Crippen LogP contribution in [0.5, 0.6) is 0 Å². The van der Waals surface area contributed by atoms with Crippen LogP contribution in [0.1, 0.15) is 37.6 Å². The summed E-state index contributed by atoms with van der Waals surface area (Å²) >= 11 is 0. The van der Waals surface area contributed by atoms with Gasteiger partial charge in [-0.3, -0.25) is 0 Å². The zero-order valence-corrected chi connectivity index (χ0v) is 18.2. The van der Waals surface area contributed by atoms with Gasteiger partial charge in [-0.25, -0.2) is 31.0 Å². The van der Waals surface area contributed by atoms with Gasteiger partial charge < -0.3 is 0 Å². The van der Waals surface area contributed by atoms with E-state index in [-0.39, 0.29) is 0 Å². The van der Waals surface area contributed by atoms with Crippen molar-refractivity contribution in [1.29, 1.82) is 0 Å². The molecular formula is C25H17F6N3. The number of para-hydroxylation sites is 1. The summed E-state index contributed by atoms with van der Waals surface area (Å²) in [6.45, 7) is 5.27. The smallest absolute Gasteiger partial charge is 0.151 e. The zero-order chi connectivity index (χ0) is 24.8. The second kappa shape index (κ2) is 8.62. The van der Waals surface area contributed by atoms with Crippen molar-refractivity contribution in [2.24, 2.45) is 0 Å². The molecule has 4 aromatic rings. The number of benzene rings is 3. The lowest BCUT2D eigenvalue weighted by Gasteiger charge is -2.20. The standard InChI is InChI=1S/C25H17F6N3/c1-25(2,3)13-10-19(30)14(20(31)11-13)12-21-23(22-15(26)6-4-7-16(22)27)32-33-34(21)24-17(28)8-5-9-18(24)29/h4-11H,1-3H3. The molecule has 0 aliphatic heterocycles. The van der Waals surface area contributed by atoms with Crippen LogP contribution in [0.15, 0.2) is 48.5 Å². The quantitative estimate of drug-likeness (QED) is 0.315. The fraction of sp³-hybridized carbons (Fsp3) is 0.160. The Balaban J connectivity index is 1.97. The predicted octanol–water partition coefficient (Wildman–Crippen LogP) is 6.54. The summed E-state index contributed by atoms with van der Waals surface area (Å²) in [4.78, 5) is 0. The van der Waals surface area contributed by atoms with Crippen LogP contribution in [-0.4, -0.2) is 15.0 Å². The van der Waals surface area contributed by atoms with Crippen LogP contribution < -0.4 is 0 Å². The van der Waals surface area contributed by atoms with Gasteiger partial charge in [-0.1, -0.05) is 38.1 Å². The molecule has 0 atom stereocenters. The molecular weight excluding hydrogens is 456 g/mol. The Morgan fingerprint density at radius 1 is 0.735 bits per heavy atom. The lowest BCUT2D eigenvalue weighted by atomic mass is 9.86. The highest BCUT2D eigenvalue weighted by Gasteiger charge is 2.28. The van der Waals surface area contributed by atoms with Gasteiger partial charge >= 0.3 is 0 Å². The number of hydrogen-bond acceptors (Lipinski definition) is 2. The lowest BCUT2D eigenvalue weighted by Crippen LogP contribution is -2.14. The minimum absolute atomic E-state index is 0.347. The Kier molecular flexibility index (Phi) is 5.97. The summed E-state index contributed by atoms with van der Waals surface area (Å²) in [5.41, 5.74) is -3.49. The van der Waals surface area contributed by atoms with Crippen LogP contribution in [0.25, 0.3) is 16.9 Å². The van der Waals surface area contributed by atoms with E-state index in [9.17, 15) is 26.3 Å². The van der Waals surface area contributed by atoms with Gasteiger partial charge in [0.05, 0.1) is 17.7 Å². The van der Waals surface area contributed by atoms with E-state index in [1.165, 1.54) is 0 Å². The van der Waals surface area contributed by atoms with Gasteiger partial charge in [-0.2, -0.15) is 0 Å². The summed E-state index contributed by atoms with van der Waals surface area (Å²) < 4.78 is 88.6. The maximum atomic E-state index is 15.0.